The van der Waals surface area contributed by atoms with Gasteiger partial charge in [0.1, 0.15) is 0 Å². The quantitative estimate of drug-likeness (QED) is 0.796. The summed E-state index contributed by atoms with van der Waals surface area (Å²) in [6, 6.07) is 7.17. The van der Waals surface area contributed by atoms with Crippen LogP contribution in [-0.2, 0) is 11.3 Å². The fourth-order valence-electron chi connectivity index (χ4n) is 4.12. The molecule has 0 aliphatic carbocycles. The first-order valence-electron chi connectivity index (χ1n) is 8.72. The zero-order chi connectivity index (χ0) is 16.0. The molecule has 23 heavy (non-hydrogen) atoms. The highest BCUT2D eigenvalue weighted by Gasteiger charge is 2.39. The average molecular weight is 331 g/mol. The molecule has 4 aliphatic rings. The molecule has 3 saturated heterocycles. The number of hydrogen-bond donors (Lipinski definition) is 0. The second-order valence-corrected chi connectivity index (χ2v) is 8.06. The molecule has 1 atom stereocenters. The van der Waals surface area contributed by atoms with Crippen molar-refractivity contribution >= 4 is 23.5 Å². The van der Waals surface area contributed by atoms with Gasteiger partial charge in [0.15, 0.2) is 0 Å². The van der Waals surface area contributed by atoms with Gasteiger partial charge >= 0.3 is 0 Å². The minimum atomic E-state index is 0.169. The van der Waals surface area contributed by atoms with Gasteiger partial charge in [0.25, 0.3) is 0 Å². The lowest BCUT2D eigenvalue weighted by molar-refractivity contribution is -0.118. The molecular weight excluding hydrogens is 306 g/mol. The van der Waals surface area contributed by atoms with Crippen LogP contribution in [0.1, 0.15) is 31.7 Å². The predicted molar refractivity (Wildman–Crippen MR) is 94.5 cm³/mol. The van der Waals surface area contributed by atoms with Gasteiger partial charge < -0.3 is 9.80 Å². The Morgan fingerprint density at radius 2 is 2.13 bits per heavy atom. The van der Waals surface area contributed by atoms with Gasteiger partial charge in [-0.3, -0.25) is 4.79 Å². The molecule has 0 spiro atoms. The summed E-state index contributed by atoms with van der Waals surface area (Å²) in [6.07, 6.45) is 3.26. The Hall–Kier alpha value is -1.04. The van der Waals surface area contributed by atoms with Gasteiger partial charge in [0.2, 0.25) is 5.91 Å². The van der Waals surface area contributed by atoms with Crippen molar-refractivity contribution in [2.24, 2.45) is 5.92 Å². The van der Waals surface area contributed by atoms with Crippen molar-refractivity contribution in [3.8, 4) is 0 Å². The summed E-state index contributed by atoms with van der Waals surface area (Å²) in [5.41, 5.74) is 2.42. The van der Waals surface area contributed by atoms with E-state index < -0.39 is 0 Å². The van der Waals surface area contributed by atoms with Gasteiger partial charge in [0, 0.05) is 43.2 Å². The van der Waals surface area contributed by atoms with Crippen molar-refractivity contribution in [2.45, 2.75) is 43.7 Å². The molecule has 0 saturated carbocycles. The summed E-state index contributed by atoms with van der Waals surface area (Å²) in [4.78, 5) is 17.6. The van der Waals surface area contributed by atoms with Crippen LogP contribution >= 0.6 is 11.9 Å². The van der Waals surface area contributed by atoms with Crippen LogP contribution in [-0.4, -0.2) is 47.8 Å². The molecule has 4 aliphatic heterocycles. The summed E-state index contributed by atoms with van der Waals surface area (Å²) in [7, 11) is 1.87. The van der Waals surface area contributed by atoms with Crippen LogP contribution in [0.3, 0.4) is 0 Å². The molecule has 1 aromatic rings. The number of anilines is 1. The highest BCUT2D eigenvalue weighted by molar-refractivity contribution is 7.97. The maximum atomic E-state index is 11.9. The lowest BCUT2D eigenvalue weighted by atomic mass is 9.84. The third-order valence-electron chi connectivity index (χ3n) is 5.65. The number of hydrogen-bond acceptors (Lipinski definition) is 4. The van der Waals surface area contributed by atoms with Gasteiger partial charge in [-0.05, 0) is 61.5 Å². The van der Waals surface area contributed by atoms with E-state index in [1.54, 1.807) is 4.90 Å². The summed E-state index contributed by atoms with van der Waals surface area (Å²) in [6.45, 7) is 6.77. The summed E-state index contributed by atoms with van der Waals surface area (Å²) in [5.74, 6) is 1.04. The number of benzene rings is 1. The summed E-state index contributed by atoms with van der Waals surface area (Å²) in [5, 5.41) is 0. The van der Waals surface area contributed by atoms with E-state index in [0.29, 0.717) is 12.5 Å². The molecular formula is C18H25N3OS. The standard InChI is InChI=1S/C18H25N3OS/c1-3-18(22)19(2)15-5-4-14-11-21(23-17(14)10-15)16-12-20-8-6-13(16)7-9-20/h4-5,10,13,16H,3,6-9,11-12H2,1-2H3/t16-/m1/s1. The minimum absolute atomic E-state index is 0.169. The number of carbonyl (C=O) groups excluding carboxylic acids is 1. The Morgan fingerprint density at radius 3 is 2.78 bits per heavy atom. The topological polar surface area (TPSA) is 26.8 Å². The van der Waals surface area contributed by atoms with E-state index in [1.807, 2.05) is 25.9 Å². The fraction of sp³-hybridized carbons (Fsp3) is 0.611. The van der Waals surface area contributed by atoms with Crippen LogP contribution in [0.5, 0.6) is 0 Å². The van der Waals surface area contributed by atoms with E-state index in [-0.39, 0.29) is 5.91 Å². The third-order valence-corrected chi connectivity index (χ3v) is 6.86. The van der Waals surface area contributed by atoms with Crippen molar-refractivity contribution in [1.29, 1.82) is 0 Å². The molecule has 124 valence electrons. The van der Waals surface area contributed by atoms with Gasteiger partial charge in [-0.2, -0.15) is 0 Å². The fourth-order valence-corrected chi connectivity index (χ4v) is 5.37. The Labute approximate surface area is 142 Å². The number of carbonyl (C=O) groups is 1. The Morgan fingerprint density at radius 1 is 1.35 bits per heavy atom. The summed E-state index contributed by atoms with van der Waals surface area (Å²) >= 11 is 1.90. The molecule has 0 N–H and O–H groups in total. The Balaban J connectivity index is 1.50. The van der Waals surface area contributed by atoms with E-state index in [9.17, 15) is 4.79 Å². The van der Waals surface area contributed by atoms with Crippen LogP contribution < -0.4 is 4.90 Å². The predicted octanol–water partition coefficient (Wildman–Crippen LogP) is 2.98. The molecule has 0 radical (unpaired) electrons. The molecule has 0 aromatic heterocycles. The van der Waals surface area contributed by atoms with Crippen molar-refractivity contribution in [3.63, 3.8) is 0 Å². The highest BCUT2D eigenvalue weighted by Crippen LogP contribution is 2.43. The second-order valence-electron chi connectivity index (χ2n) is 6.97. The highest BCUT2D eigenvalue weighted by atomic mass is 32.2. The number of fused-ring (bicyclic) bond motifs is 4. The number of piperidine rings is 3. The minimum Gasteiger partial charge on any atom is -0.315 e. The van der Waals surface area contributed by atoms with Gasteiger partial charge in [-0.15, -0.1) is 0 Å². The lowest BCUT2D eigenvalue weighted by Crippen LogP contribution is -2.54. The van der Waals surface area contributed by atoms with E-state index in [2.05, 4.69) is 27.4 Å². The lowest BCUT2D eigenvalue weighted by Gasteiger charge is -2.47. The van der Waals surface area contributed by atoms with Crippen LogP contribution in [0, 0.1) is 5.92 Å². The van der Waals surface area contributed by atoms with E-state index in [1.165, 1.54) is 42.9 Å². The molecule has 2 bridgehead atoms. The molecule has 3 fully saturated rings. The van der Waals surface area contributed by atoms with Crippen molar-refractivity contribution < 1.29 is 4.79 Å². The molecule has 5 heteroatoms. The number of rotatable bonds is 3. The van der Waals surface area contributed by atoms with Crippen LogP contribution in [0.2, 0.25) is 0 Å². The van der Waals surface area contributed by atoms with Crippen molar-refractivity contribution in [1.82, 2.24) is 9.21 Å². The average Bonchev–Trinajstić information content (AvgIpc) is 3.04. The zero-order valence-electron chi connectivity index (χ0n) is 14.0. The number of amides is 1. The molecule has 1 aromatic carbocycles. The first-order chi connectivity index (χ1) is 11.2. The first kappa shape index (κ1) is 15.5. The van der Waals surface area contributed by atoms with Crippen molar-refractivity contribution in [3.05, 3.63) is 23.8 Å². The maximum absolute atomic E-state index is 11.9. The number of nitrogens with zero attached hydrogens (tertiary/aromatic N) is 3. The maximum Gasteiger partial charge on any atom is 0.226 e. The van der Waals surface area contributed by atoms with Crippen LogP contribution in [0.15, 0.2) is 23.1 Å². The third kappa shape index (κ3) is 2.79. The second kappa shape index (κ2) is 6.11. The van der Waals surface area contributed by atoms with E-state index in [0.717, 1.165) is 18.2 Å². The van der Waals surface area contributed by atoms with E-state index in [4.69, 9.17) is 0 Å². The van der Waals surface area contributed by atoms with Crippen LogP contribution in [0.25, 0.3) is 0 Å². The zero-order valence-corrected chi connectivity index (χ0v) is 14.8. The molecule has 0 unspecified atom stereocenters. The monoisotopic (exact) mass is 331 g/mol. The largest absolute Gasteiger partial charge is 0.315 e. The molecule has 1 amide bonds. The molecule has 4 heterocycles. The molecule has 5 rings (SSSR count). The van der Waals surface area contributed by atoms with Gasteiger partial charge in [-0.1, -0.05) is 13.0 Å². The normalized spacial score (nSPS) is 29.6. The smallest absolute Gasteiger partial charge is 0.226 e. The Bertz CT molecular complexity index is 612. The van der Waals surface area contributed by atoms with Gasteiger partial charge in [-0.25, -0.2) is 4.31 Å². The van der Waals surface area contributed by atoms with Crippen molar-refractivity contribution in [2.75, 3.05) is 31.6 Å². The summed E-state index contributed by atoms with van der Waals surface area (Å²) < 4.78 is 2.59. The SMILES string of the molecule is CCC(=O)N(C)c1ccc2c(c1)SN([C@@H]1CN3CCC1CC3)C2. The molecule has 4 nitrogen and oxygen atoms in total. The van der Waals surface area contributed by atoms with Crippen LogP contribution in [0.4, 0.5) is 5.69 Å². The Kier molecular flexibility index (Phi) is 4.12. The first-order valence-corrected chi connectivity index (χ1v) is 9.49. The van der Waals surface area contributed by atoms with Gasteiger partial charge in [0.05, 0.1) is 0 Å². The van der Waals surface area contributed by atoms with E-state index >= 15 is 0 Å².